The largest absolute Gasteiger partial charge is 0.456 e. The summed E-state index contributed by atoms with van der Waals surface area (Å²) in [5, 5.41) is 4.37. The number of para-hydroxylation sites is 2. The van der Waals surface area contributed by atoms with Crippen LogP contribution in [0.15, 0.2) is 199 Å². The summed E-state index contributed by atoms with van der Waals surface area (Å²) in [5.74, 6) is 1.86. The van der Waals surface area contributed by atoms with Gasteiger partial charge in [0.25, 0.3) is 0 Å². The second-order valence-electron chi connectivity index (χ2n) is 14.0. The van der Waals surface area contributed by atoms with Crippen molar-refractivity contribution in [3.63, 3.8) is 0 Å². The molecular weight excluding hydrogens is 685 g/mol. The Hall–Kier alpha value is -7.63. The van der Waals surface area contributed by atoms with Gasteiger partial charge in [0.2, 0.25) is 0 Å². The zero-order valence-electron chi connectivity index (χ0n) is 30.2. The second-order valence-corrected chi connectivity index (χ2v) is 14.0. The first kappa shape index (κ1) is 31.9. The van der Waals surface area contributed by atoms with Crippen LogP contribution in [0.25, 0.3) is 106 Å². The summed E-state index contributed by atoms with van der Waals surface area (Å²) in [4.78, 5) is 15.3. The highest BCUT2D eigenvalue weighted by molar-refractivity contribution is 6.17. The third-order valence-electron chi connectivity index (χ3n) is 10.7. The summed E-state index contributed by atoms with van der Waals surface area (Å²) in [5.41, 5.74) is 12.2. The molecule has 0 amide bonds. The minimum Gasteiger partial charge on any atom is -0.456 e. The van der Waals surface area contributed by atoms with Crippen molar-refractivity contribution >= 4 is 43.7 Å². The van der Waals surface area contributed by atoms with E-state index in [1.54, 1.807) is 0 Å². The van der Waals surface area contributed by atoms with Gasteiger partial charge in [-0.3, -0.25) is 0 Å². The third-order valence-corrected chi connectivity index (χ3v) is 10.7. The highest BCUT2D eigenvalue weighted by atomic mass is 16.3. The molecule has 0 aliphatic carbocycles. The lowest BCUT2D eigenvalue weighted by Crippen LogP contribution is -2.02. The highest BCUT2D eigenvalue weighted by Crippen LogP contribution is 2.42. The van der Waals surface area contributed by atoms with Crippen molar-refractivity contribution < 1.29 is 4.42 Å². The molecular formula is C51H32N4O. The lowest BCUT2D eigenvalue weighted by molar-refractivity contribution is 0.669. The van der Waals surface area contributed by atoms with Gasteiger partial charge in [0, 0.05) is 32.8 Å². The first-order valence-corrected chi connectivity index (χ1v) is 18.8. The summed E-state index contributed by atoms with van der Waals surface area (Å²) in [7, 11) is 0. The van der Waals surface area contributed by atoms with Gasteiger partial charge in [0.15, 0.2) is 17.5 Å². The number of hydrogen-bond acceptors (Lipinski definition) is 4. The molecule has 0 bridgehead atoms. The van der Waals surface area contributed by atoms with Gasteiger partial charge in [-0.15, -0.1) is 0 Å². The van der Waals surface area contributed by atoms with Crippen molar-refractivity contribution in [2.24, 2.45) is 0 Å². The second kappa shape index (κ2) is 13.0. The summed E-state index contributed by atoms with van der Waals surface area (Å²) >= 11 is 0. The molecule has 11 rings (SSSR count). The summed E-state index contributed by atoms with van der Waals surface area (Å²) < 4.78 is 9.05. The standard InChI is InChI=1S/C51H32N4O/c1-4-15-33(16-5-1)36-21-12-22-37(31-36)38-29-30-41-46(32-38)56-45-28-14-27-44(47(41)45)55-43-26-11-10-23-39(43)40-24-13-25-42(48(40)55)51-53-49(34-17-6-2-7-18-34)52-50(54-51)35-19-8-3-9-20-35/h1-32H. The number of nitrogens with zero attached hydrogens (tertiary/aromatic N) is 4. The van der Waals surface area contributed by atoms with Gasteiger partial charge in [-0.05, 0) is 64.7 Å². The number of furan rings is 1. The van der Waals surface area contributed by atoms with Crippen LogP contribution in [-0.2, 0) is 0 Å². The van der Waals surface area contributed by atoms with Crippen LogP contribution in [0.3, 0.4) is 0 Å². The number of hydrogen-bond donors (Lipinski definition) is 0. The number of aromatic nitrogens is 4. The van der Waals surface area contributed by atoms with Crippen molar-refractivity contribution in [1.82, 2.24) is 19.5 Å². The molecule has 0 N–H and O–H groups in total. The molecule has 0 saturated carbocycles. The zero-order chi connectivity index (χ0) is 37.0. The van der Waals surface area contributed by atoms with Crippen LogP contribution >= 0.6 is 0 Å². The molecule has 56 heavy (non-hydrogen) atoms. The molecule has 3 aromatic heterocycles. The molecule has 0 aliphatic rings. The fourth-order valence-electron chi connectivity index (χ4n) is 8.06. The van der Waals surface area contributed by atoms with Crippen molar-refractivity contribution in [1.29, 1.82) is 0 Å². The average Bonchev–Trinajstić information content (AvgIpc) is 3.83. The van der Waals surface area contributed by atoms with Crippen LogP contribution in [-0.4, -0.2) is 19.5 Å². The predicted molar refractivity (Wildman–Crippen MR) is 229 cm³/mol. The Morgan fingerprint density at radius 2 is 0.911 bits per heavy atom. The van der Waals surface area contributed by atoms with Gasteiger partial charge in [-0.25, -0.2) is 15.0 Å². The van der Waals surface area contributed by atoms with Crippen LogP contribution in [0.2, 0.25) is 0 Å². The van der Waals surface area contributed by atoms with E-state index >= 15 is 0 Å². The monoisotopic (exact) mass is 716 g/mol. The van der Waals surface area contributed by atoms with E-state index in [2.05, 4.69) is 132 Å². The van der Waals surface area contributed by atoms with Gasteiger partial charge >= 0.3 is 0 Å². The fraction of sp³-hybridized carbons (Fsp3) is 0. The molecule has 3 heterocycles. The molecule has 0 aliphatic heterocycles. The Morgan fingerprint density at radius 3 is 1.64 bits per heavy atom. The van der Waals surface area contributed by atoms with Crippen LogP contribution < -0.4 is 0 Å². The Bertz CT molecular complexity index is 3180. The third kappa shape index (κ3) is 5.29. The van der Waals surface area contributed by atoms with Gasteiger partial charge < -0.3 is 8.98 Å². The van der Waals surface area contributed by atoms with Crippen LogP contribution in [0.5, 0.6) is 0 Å². The molecule has 0 atom stereocenters. The first-order valence-electron chi connectivity index (χ1n) is 18.8. The maximum atomic E-state index is 6.69. The molecule has 0 radical (unpaired) electrons. The van der Waals surface area contributed by atoms with E-state index < -0.39 is 0 Å². The van der Waals surface area contributed by atoms with Crippen LogP contribution in [0.4, 0.5) is 0 Å². The SMILES string of the molecule is c1ccc(-c2cccc(-c3ccc4c(c3)oc3cccc(-n5c6ccccc6c6cccc(-c7nc(-c8ccccc8)nc(-c8ccccc8)n7)c65)c34)c2)cc1. The molecule has 262 valence electrons. The van der Waals surface area contributed by atoms with E-state index in [0.29, 0.717) is 17.5 Å². The van der Waals surface area contributed by atoms with Crippen molar-refractivity contribution in [2.45, 2.75) is 0 Å². The first-order chi connectivity index (χ1) is 27.8. The lowest BCUT2D eigenvalue weighted by atomic mass is 9.98. The molecule has 0 saturated heterocycles. The topological polar surface area (TPSA) is 56.7 Å². The van der Waals surface area contributed by atoms with E-state index in [-0.39, 0.29) is 0 Å². The van der Waals surface area contributed by atoms with E-state index in [1.807, 2.05) is 66.7 Å². The van der Waals surface area contributed by atoms with E-state index in [0.717, 1.165) is 77.2 Å². The Balaban J connectivity index is 1.14. The fourth-order valence-corrected chi connectivity index (χ4v) is 8.06. The predicted octanol–water partition coefficient (Wildman–Crippen LogP) is 13.2. The molecule has 0 fully saturated rings. The molecule has 5 nitrogen and oxygen atoms in total. The quantitative estimate of drug-likeness (QED) is 0.172. The number of benzene rings is 8. The maximum absolute atomic E-state index is 6.69. The van der Waals surface area contributed by atoms with Gasteiger partial charge in [-0.1, -0.05) is 152 Å². The maximum Gasteiger partial charge on any atom is 0.166 e. The van der Waals surface area contributed by atoms with Gasteiger partial charge in [0.1, 0.15) is 11.2 Å². The normalized spacial score (nSPS) is 11.6. The molecule has 5 heteroatoms. The van der Waals surface area contributed by atoms with E-state index in [9.17, 15) is 0 Å². The van der Waals surface area contributed by atoms with Crippen LogP contribution in [0.1, 0.15) is 0 Å². The van der Waals surface area contributed by atoms with Crippen molar-refractivity contribution in [3.8, 4) is 62.1 Å². The van der Waals surface area contributed by atoms with Gasteiger partial charge in [-0.2, -0.15) is 0 Å². The molecule has 0 unspecified atom stereocenters. The molecule has 11 aromatic rings. The lowest BCUT2D eigenvalue weighted by Gasteiger charge is -2.13. The Kier molecular flexibility index (Phi) is 7.42. The summed E-state index contributed by atoms with van der Waals surface area (Å²) in [6, 6.07) is 67.4. The summed E-state index contributed by atoms with van der Waals surface area (Å²) in [6.07, 6.45) is 0. The smallest absolute Gasteiger partial charge is 0.166 e. The van der Waals surface area contributed by atoms with Crippen molar-refractivity contribution in [2.75, 3.05) is 0 Å². The van der Waals surface area contributed by atoms with E-state index in [1.165, 1.54) is 11.1 Å². The zero-order valence-corrected chi connectivity index (χ0v) is 30.2. The average molecular weight is 717 g/mol. The number of rotatable bonds is 6. The van der Waals surface area contributed by atoms with E-state index in [4.69, 9.17) is 19.4 Å². The minimum absolute atomic E-state index is 0.610. The highest BCUT2D eigenvalue weighted by Gasteiger charge is 2.22. The number of fused-ring (bicyclic) bond motifs is 6. The van der Waals surface area contributed by atoms with Crippen molar-refractivity contribution in [3.05, 3.63) is 194 Å². The summed E-state index contributed by atoms with van der Waals surface area (Å²) in [6.45, 7) is 0. The Labute approximate surface area is 322 Å². The Morgan fingerprint density at radius 1 is 0.357 bits per heavy atom. The minimum atomic E-state index is 0.610. The van der Waals surface area contributed by atoms with Crippen LogP contribution in [0, 0.1) is 0 Å². The molecule has 8 aromatic carbocycles. The molecule has 0 spiro atoms. The van der Waals surface area contributed by atoms with Gasteiger partial charge in [0.05, 0.1) is 22.1 Å².